The van der Waals surface area contributed by atoms with Crippen molar-refractivity contribution in [1.82, 2.24) is 0 Å². The van der Waals surface area contributed by atoms with E-state index in [9.17, 15) is 10.1 Å². The molecule has 1 rings (SSSR count). The number of aliphatic hydroxyl groups is 1. The number of rotatable bonds is 4. The van der Waals surface area contributed by atoms with Crippen LogP contribution in [0.5, 0.6) is 5.75 Å². The van der Waals surface area contributed by atoms with Gasteiger partial charge in [0.15, 0.2) is 0 Å². The average molecular weight is 183 g/mol. The van der Waals surface area contributed by atoms with Gasteiger partial charge in [0.1, 0.15) is 12.4 Å². The summed E-state index contributed by atoms with van der Waals surface area (Å²) in [6.07, 6.45) is -1.39. The Morgan fingerprint density at radius 2 is 2.08 bits per heavy atom. The summed E-state index contributed by atoms with van der Waals surface area (Å²) < 4.78 is 4.88. The molecule has 0 saturated carbocycles. The first-order chi connectivity index (χ1) is 6.24. The lowest BCUT2D eigenvalue weighted by atomic mass is 10.3. The van der Waals surface area contributed by atoms with Crippen LogP contribution in [0.2, 0.25) is 0 Å². The Morgan fingerprint density at radius 1 is 1.46 bits per heavy atom. The highest BCUT2D eigenvalue weighted by molar-refractivity contribution is 5.20. The smallest absolute Gasteiger partial charge is 0.376 e. The molecule has 70 valence electrons. The van der Waals surface area contributed by atoms with Crippen molar-refractivity contribution >= 4 is 0 Å². The molecule has 0 bridgehead atoms. The molecular formula is C8H9NO4. The molecule has 1 aromatic rings. The summed E-state index contributed by atoms with van der Waals surface area (Å²) in [7, 11) is 0. The van der Waals surface area contributed by atoms with E-state index in [4.69, 9.17) is 9.84 Å². The second kappa shape index (κ2) is 4.42. The van der Waals surface area contributed by atoms with Crippen molar-refractivity contribution in [2.24, 2.45) is 0 Å². The van der Waals surface area contributed by atoms with Crippen molar-refractivity contribution in [2.75, 3.05) is 6.61 Å². The summed E-state index contributed by atoms with van der Waals surface area (Å²) in [6, 6.07) is 8.35. The molecule has 0 aliphatic carbocycles. The van der Waals surface area contributed by atoms with Crippen LogP contribution in [0.3, 0.4) is 0 Å². The Bertz CT molecular complexity index is 275. The Balaban J connectivity index is 2.62. The van der Waals surface area contributed by atoms with Crippen molar-refractivity contribution in [3.8, 4) is 5.75 Å². The van der Waals surface area contributed by atoms with Crippen LogP contribution in [0, 0.1) is 10.1 Å². The van der Waals surface area contributed by atoms with Crippen LogP contribution >= 0.6 is 0 Å². The fourth-order valence-electron chi connectivity index (χ4n) is 0.803. The molecule has 1 unspecified atom stereocenters. The largest absolute Gasteiger partial charge is 0.428 e. The zero-order chi connectivity index (χ0) is 9.68. The van der Waals surface area contributed by atoms with Crippen molar-refractivity contribution in [3.63, 3.8) is 0 Å². The number of hydrogen-bond acceptors (Lipinski definition) is 4. The van der Waals surface area contributed by atoms with Gasteiger partial charge >= 0.3 is 6.23 Å². The zero-order valence-electron chi connectivity index (χ0n) is 6.79. The van der Waals surface area contributed by atoms with Crippen molar-refractivity contribution in [3.05, 3.63) is 40.4 Å². The molecule has 0 aromatic heterocycles. The Morgan fingerprint density at radius 3 is 2.54 bits per heavy atom. The minimum atomic E-state index is -1.39. The van der Waals surface area contributed by atoms with Crippen molar-refractivity contribution in [1.29, 1.82) is 0 Å². The van der Waals surface area contributed by atoms with Gasteiger partial charge in [-0.1, -0.05) is 18.2 Å². The number of para-hydroxylation sites is 1. The van der Waals surface area contributed by atoms with E-state index in [2.05, 4.69) is 0 Å². The third kappa shape index (κ3) is 2.72. The van der Waals surface area contributed by atoms with Crippen LogP contribution in [0.15, 0.2) is 30.3 Å². The number of benzene rings is 1. The van der Waals surface area contributed by atoms with Gasteiger partial charge in [0.2, 0.25) is 0 Å². The lowest BCUT2D eigenvalue weighted by molar-refractivity contribution is -0.565. The molecule has 0 spiro atoms. The Labute approximate surface area is 74.7 Å². The van der Waals surface area contributed by atoms with Crippen LogP contribution < -0.4 is 4.74 Å². The van der Waals surface area contributed by atoms with Crippen LogP contribution in [-0.4, -0.2) is 22.9 Å². The summed E-state index contributed by atoms with van der Waals surface area (Å²) in [6.45, 7) is -0.637. The normalized spacial score (nSPS) is 12.1. The van der Waals surface area contributed by atoms with E-state index in [1.54, 1.807) is 30.3 Å². The van der Waals surface area contributed by atoms with E-state index in [0.717, 1.165) is 0 Å². The third-order valence-electron chi connectivity index (χ3n) is 1.41. The van der Waals surface area contributed by atoms with E-state index in [0.29, 0.717) is 5.75 Å². The molecule has 0 amide bonds. The third-order valence-corrected chi connectivity index (χ3v) is 1.41. The van der Waals surface area contributed by atoms with Gasteiger partial charge in [-0.2, -0.15) is 0 Å². The van der Waals surface area contributed by atoms with Crippen molar-refractivity contribution < 1.29 is 14.8 Å². The number of nitrogens with zero attached hydrogens (tertiary/aromatic N) is 1. The minimum absolute atomic E-state index is 0.373. The van der Waals surface area contributed by atoms with Crippen LogP contribution in [0.1, 0.15) is 0 Å². The molecule has 0 radical (unpaired) electrons. The predicted octanol–water partition coefficient (Wildman–Crippen LogP) is 0.660. The quantitative estimate of drug-likeness (QED) is 0.422. The van der Waals surface area contributed by atoms with E-state index < -0.39 is 17.8 Å². The maximum absolute atomic E-state index is 10.3. The van der Waals surface area contributed by atoms with Gasteiger partial charge in [-0.25, -0.2) is 0 Å². The van der Waals surface area contributed by atoms with Gasteiger partial charge in [0, 0.05) is 0 Å². The standard InChI is InChI=1S/C8H9NO4/c10-6-8(9(11)12)13-7-4-2-1-3-5-7/h1-5,8,10H,6H2. The Hall–Kier alpha value is -1.62. The van der Waals surface area contributed by atoms with E-state index in [-0.39, 0.29) is 0 Å². The highest BCUT2D eigenvalue weighted by Gasteiger charge is 2.19. The lowest BCUT2D eigenvalue weighted by Crippen LogP contribution is -2.30. The van der Waals surface area contributed by atoms with Gasteiger partial charge < -0.3 is 9.84 Å². The fraction of sp³-hybridized carbons (Fsp3) is 0.250. The van der Waals surface area contributed by atoms with Gasteiger partial charge in [-0.3, -0.25) is 10.1 Å². The first-order valence-electron chi connectivity index (χ1n) is 3.70. The SMILES string of the molecule is O=[N+]([O-])C(CO)Oc1ccccc1. The molecular weight excluding hydrogens is 174 g/mol. The highest BCUT2D eigenvalue weighted by Crippen LogP contribution is 2.10. The summed E-state index contributed by atoms with van der Waals surface area (Å²) in [5.41, 5.74) is 0. The second-order valence-corrected chi connectivity index (χ2v) is 2.35. The molecule has 1 atom stereocenters. The molecule has 0 aliphatic heterocycles. The molecule has 0 aliphatic rings. The number of ether oxygens (including phenoxy) is 1. The molecule has 1 N–H and O–H groups in total. The predicted molar refractivity (Wildman–Crippen MR) is 44.9 cm³/mol. The number of nitro groups is 1. The molecule has 5 heteroatoms. The van der Waals surface area contributed by atoms with E-state index >= 15 is 0 Å². The summed E-state index contributed by atoms with van der Waals surface area (Å²) in [5.74, 6) is 0.373. The van der Waals surface area contributed by atoms with Crippen LogP contribution in [-0.2, 0) is 0 Å². The highest BCUT2D eigenvalue weighted by atomic mass is 16.7. The maximum Gasteiger partial charge on any atom is 0.376 e. The monoisotopic (exact) mass is 183 g/mol. The van der Waals surface area contributed by atoms with Gasteiger partial charge in [0.25, 0.3) is 0 Å². The van der Waals surface area contributed by atoms with Gasteiger partial charge in [0.05, 0.1) is 4.92 Å². The average Bonchev–Trinajstić information content (AvgIpc) is 2.15. The summed E-state index contributed by atoms with van der Waals surface area (Å²) in [4.78, 5) is 9.58. The van der Waals surface area contributed by atoms with Crippen LogP contribution in [0.25, 0.3) is 0 Å². The summed E-state index contributed by atoms with van der Waals surface area (Å²) >= 11 is 0. The second-order valence-electron chi connectivity index (χ2n) is 2.35. The molecule has 13 heavy (non-hydrogen) atoms. The van der Waals surface area contributed by atoms with Gasteiger partial charge in [-0.05, 0) is 12.1 Å². The zero-order valence-corrected chi connectivity index (χ0v) is 6.79. The number of aliphatic hydroxyl groups excluding tert-OH is 1. The van der Waals surface area contributed by atoms with Crippen molar-refractivity contribution in [2.45, 2.75) is 6.23 Å². The molecule has 0 fully saturated rings. The molecule has 5 nitrogen and oxygen atoms in total. The molecule has 0 heterocycles. The Kier molecular flexibility index (Phi) is 3.22. The maximum atomic E-state index is 10.3. The fourth-order valence-corrected chi connectivity index (χ4v) is 0.803. The molecule has 0 saturated heterocycles. The lowest BCUT2D eigenvalue weighted by Gasteiger charge is -2.08. The first-order valence-corrected chi connectivity index (χ1v) is 3.70. The van der Waals surface area contributed by atoms with E-state index in [1.807, 2.05) is 0 Å². The molecule has 1 aromatic carbocycles. The first kappa shape index (κ1) is 9.47. The van der Waals surface area contributed by atoms with E-state index in [1.165, 1.54) is 0 Å². The topological polar surface area (TPSA) is 72.6 Å². The van der Waals surface area contributed by atoms with Crippen LogP contribution in [0.4, 0.5) is 0 Å². The minimum Gasteiger partial charge on any atom is -0.428 e. The van der Waals surface area contributed by atoms with Gasteiger partial charge in [-0.15, -0.1) is 0 Å². The number of hydrogen-bond donors (Lipinski definition) is 1. The summed E-state index contributed by atoms with van der Waals surface area (Å²) in [5, 5.41) is 18.8.